The van der Waals surface area contributed by atoms with Crippen LogP contribution in [0.3, 0.4) is 0 Å². The summed E-state index contributed by atoms with van der Waals surface area (Å²) in [5, 5.41) is 1.24. The van der Waals surface area contributed by atoms with Gasteiger partial charge in [-0.2, -0.15) is 0 Å². The van der Waals surface area contributed by atoms with Crippen molar-refractivity contribution in [3.05, 3.63) is 15.6 Å². The first-order valence-corrected chi connectivity index (χ1v) is 6.94. The smallest absolute Gasteiger partial charge is 0.0934 e. The fourth-order valence-corrected chi connectivity index (χ4v) is 3.08. The molecule has 1 rings (SSSR count). The molecule has 0 aliphatic heterocycles. The largest absolute Gasteiger partial charge is 0.321 e. The van der Waals surface area contributed by atoms with Gasteiger partial charge >= 0.3 is 0 Å². The number of rotatable bonds is 5. The molecule has 0 bridgehead atoms. The monoisotopic (exact) mass is 240 g/mol. The van der Waals surface area contributed by atoms with E-state index in [1.807, 2.05) is 0 Å². The zero-order valence-electron chi connectivity index (χ0n) is 11.1. The second kappa shape index (κ2) is 5.28. The van der Waals surface area contributed by atoms with Crippen LogP contribution in [0.25, 0.3) is 0 Å². The molecule has 0 amide bonds. The van der Waals surface area contributed by atoms with Gasteiger partial charge in [-0.15, -0.1) is 11.3 Å². The summed E-state index contributed by atoms with van der Waals surface area (Å²) in [6, 6.07) is 0. The molecular formula is C13H24N2S. The predicted molar refractivity (Wildman–Crippen MR) is 71.9 cm³/mol. The lowest BCUT2D eigenvalue weighted by Gasteiger charge is -2.17. The molecule has 2 N–H and O–H groups in total. The van der Waals surface area contributed by atoms with Crippen LogP contribution in [0.4, 0.5) is 0 Å². The second-order valence-corrected chi connectivity index (χ2v) is 6.54. The molecule has 0 atom stereocenters. The minimum atomic E-state index is -0.253. The Morgan fingerprint density at radius 2 is 2.00 bits per heavy atom. The highest BCUT2D eigenvalue weighted by atomic mass is 32.1. The highest BCUT2D eigenvalue weighted by molar-refractivity contribution is 7.11. The van der Waals surface area contributed by atoms with Crippen molar-refractivity contribution >= 4 is 11.3 Å². The lowest BCUT2D eigenvalue weighted by atomic mass is 10.0. The van der Waals surface area contributed by atoms with Crippen LogP contribution >= 0.6 is 11.3 Å². The van der Waals surface area contributed by atoms with E-state index in [9.17, 15) is 0 Å². The van der Waals surface area contributed by atoms with E-state index in [0.29, 0.717) is 5.92 Å². The number of nitrogens with two attached hydrogens (primary N) is 1. The molecule has 0 spiro atoms. The molecule has 16 heavy (non-hydrogen) atoms. The Hall–Kier alpha value is -0.410. The van der Waals surface area contributed by atoms with Gasteiger partial charge in [-0.25, -0.2) is 4.98 Å². The van der Waals surface area contributed by atoms with Gasteiger partial charge in [0.1, 0.15) is 0 Å². The summed E-state index contributed by atoms with van der Waals surface area (Å²) in [7, 11) is 0. The summed E-state index contributed by atoms with van der Waals surface area (Å²) < 4.78 is 0. The highest BCUT2D eigenvalue weighted by Crippen LogP contribution is 2.30. The number of thiazole rings is 1. The minimum absolute atomic E-state index is 0.253. The van der Waals surface area contributed by atoms with E-state index in [0.717, 1.165) is 19.3 Å². The van der Waals surface area contributed by atoms with Crippen LogP contribution in [-0.2, 0) is 18.4 Å². The molecule has 0 unspecified atom stereocenters. The first-order valence-electron chi connectivity index (χ1n) is 6.12. The van der Waals surface area contributed by atoms with E-state index in [4.69, 9.17) is 10.7 Å². The number of hydrogen-bond donors (Lipinski definition) is 1. The molecule has 0 aliphatic carbocycles. The molecule has 3 heteroatoms. The Bertz CT molecular complexity index is 334. The summed E-state index contributed by atoms with van der Waals surface area (Å²) in [5.41, 5.74) is 7.17. The van der Waals surface area contributed by atoms with Crippen molar-refractivity contribution in [1.29, 1.82) is 0 Å². The third-order valence-electron chi connectivity index (χ3n) is 2.40. The van der Waals surface area contributed by atoms with Crippen LogP contribution in [0.1, 0.15) is 56.6 Å². The van der Waals surface area contributed by atoms with Gasteiger partial charge in [-0.1, -0.05) is 27.2 Å². The normalized spacial score (nSPS) is 12.4. The molecule has 1 heterocycles. The van der Waals surface area contributed by atoms with E-state index < -0.39 is 0 Å². The summed E-state index contributed by atoms with van der Waals surface area (Å²) in [4.78, 5) is 6.01. The molecule has 2 nitrogen and oxygen atoms in total. The molecule has 0 aromatic carbocycles. The van der Waals surface area contributed by atoms with Gasteiger partial charge in [0.25, 0.3) is 0 Å². The molecule has 1 aromatic rings. The molecule has 0 fully saturated rings. The molecule has 1 aromatic heterocycles. The molecule has 92 valence electrons. The van der Waals surface area contributed by atoms with Crippen molar-refractivity contribution in [3.63, 3.8) is 0 Å². The topological polar surface area (TPSA) is 38.9 Å². The van der Waals surface area contributed by atoms with Crippen LogP contribution in [0.15, 0.2) is 0 Å². The zero-order valence-corrected chi connectivity index (χ0v) is 11.9. The van der Waals surface area contributed by atoms with Crippen molar-refractivity contribution in [2.75, 3.05) is 0 Å². The van der Waals surface area contributed by atoms with Gasteiger partial charge in [0.2, 0.25) is 0 Å². The Morgan fingerprint density at radius 1 is 1.38 bits per heavy atom. The van der Waals surface area contributed by atoms with Crippen LogP contribution in [0, 0.1) is 5.92 Å². The zero-order chi connectivity index (χ0) is 12.3. The van der Waals surface area contributed by atoms with Gasteiger partial charge in [-0.05, 0) is 26.2 Å². The average molecular weight is 240 g/mol. The van der Waals surface area contributed by atoms with Gasteiger partial charge in [0.15, 0.2) is 0 Å². The van der Waals surface area contributed by atoms with Gasteiger partial charge in [0.05, 0.1) is 10.7 Å². The van der Waals surface area contributed by atoms with Crippen LogP contribution in [0.5, 0.6) is 0 Å². The summed E-state index contributed by atoms with van der Waals surface area (Å²) in [6.45, 7) is 10.8. The molecule has 0 saturated carbocycles. The Balaban J connectivity index is 3.00. The van der Waals surface area contributed by atoms with Crippen LogP contribution < -0.4 is 5.73 Å². The highest BCUT2D eigenvalue weighted by Gasteiger charge is 2.23. The first-order chi connectivity index (χ1) is 7.34. The Morgan fingerprint density at radius 3 is 2.44 bits per heavy atom. The van der Waals surface area contributed by atoms with Crippen molar-refractivity contribution in [2.45, 2.75) is 59.4 Å². The molecular weight excluding hydrogens is 216 g/mol. The maximum absolute atomic E-state index is 6.20. The first kappa shape index (κ1) is 13.7. The summed E-state index contributed by atoms with van der Waals surface area (Å²) in [6.07, 6.45) is 3.25. The standard InChI is InChI=1S/C13H24N2S/c1-6-7-10-12(13(4,5)14)16-11(15-10)8-9(2)3/h9H,6-8,14H2,1-5H3. The van der Waals surface area contributed by atoms with Crippen molar-refractivity contribution < 1.29 is 0 Å². The van der Waals surface area contributed by atoms with E-state index in [1.165, 1.54) is 15.6 Å². The average Bonchev–Trinajstić information content (AvgIpc) is 2.46. The third kappa shape index (κ3) is 3.56. The fraction of sp³-hybridized carbons (Fsp3) is 0.769. The van der Waals surface area contributed by atoms with E-state index in [-0.39, 0.29) is 5.54 Å². The maximum atomic E-state index is 6.20. The minimum Gasteiger partial charge on any atom is -0.321 e. The molecule has 0 radical (unpaired) electrons. The second-order valence-electron chi connectivity index (χ2n) is 5.45. The lowest BCUT2D eigenvalue weighted by molar-refractivity contribution is 0.557. The fourth-order valence-electron chi connectivity index (χ4n) is 1.75. The van der Waals surface area contributed by atoms with E-state index in [2.05, 4.69) is 34.6 Å². The van der Waals surface area contributed by atoms with Gasteiger partial charge in [-0.3, -0.25) is 0 Å². The van der Waals surface area contributed by atoms with Crippen LogP contribution in [0.2, 0.25) is 0 Å². The van der Waals surface area contributed by atoms with Gasteiger partial charge < -0.3 is 5.73 Å². The number of aryl methyl sites for hydroxylation is 1. The van der Waals surface area contributed by atoms with Crippen LogP contribution in [-0.4, -0.2) is 4.98 Å². The summed E-state index contributed by atoms with van der Waals surface area (Å²) >= 11 is 1.80. The number of hydrogen-bond acceptors (Lipinski definition) is 3. The Kier molecular flexibility index (Phi) is 4.51. The lowest BCUT2D eigenvalue weighted by Crippen LogP contribution is -2.28. The maximum Gasteiger partial charge on any atom is 0.0934 e. The van der Waals surface area contributed by atoms with E-state index >= 15 is 0 Å². The quantitative estimate of drug-likeness (QED) is 0.855. The summed E-state index contributed by atoms with van der Waals surface area (Å²) in [5.74, 6) is 0.661. The van der Waals surface area contributed by atoms with Crippen molar-refractivity contribution in [2.24, 2.45) is 11.7 Å². The predicted octanol–water partition coefficient (Wildman–Crippen LogP) is 3.49. The number of aromatic nitrogens is 1. The molecule has 0 saturated heterocycles. The van der Waals surface area contributed by atoms with Crippen molar-refractivity contribution in [1.82, 2.24) is 4.98 Å². The van der Waals surface area contributed by atoms with E-state index in [1.54, 1.807) is 11.3 Å². The Labute approximate surface area is 103 Å². The SMILES string of the molecule is CCCc1nc(CC(C)C)sc1C(C)(C)N. The van der Waals surface area contributed by atoms with Gasteiger partial charge in [0, 0.05) is 16.8 Å². The molecule has 0 aliphatic rings. The third-order valence-corrected chi connectivity index (χ3v) is 3.86. The number of nitrogens with zero attached hydrogens (tertiary/aromatic N) is 1. The van der Waals surface area contributed by atoms with Crippen molar-refractivity contribution in [3.8, 4) is 0 Å².